The maximum absolute atomic E-state index is 12.7. The number of amides is 1. The van der Waals surface area contributed by atoms with Crippen molar-refractivity contribution in [1.82, 2.24) is 4.90 Å². The zero-order valence-corrected chi connectivity index (χ0v) is 14.3. The summed E-state index contributed by atoms with van der Waals surface area (Å²) < 4.78 is 0. The smallest absolute Gasteiger partial charge is 0.345 e. The molecule has 1 amide bonds. The molecule has 5 heteroatoms. The lowest BCUT2D eigenvalue weighted by Gasteiger charge is -2.24. The molecule has 1 fully saturated rings. The van der Waals surface area contributed by atoms with Crippen LogP contribution in [-0.4, -0.2) is 34.5 Å². The SMILES string of the molecule is O=C(O)c1ccc(C(=O)N2CCCC2CCCc2ccccc2)s1. The number of carbonyl (C=O) groups is 2. The van der Waals surface area contributed by atoms with Gasteiger partial charge in [-0.3, -0.25) is 4.79 Å². The molecule has 126 valence electrons. The van der Waals surface area contributed by atoms with Crippen LogP contribution in [0.4, 0.5) is 0 Å². The molecule has 0 radical (unpaired) electrons. The van der Waals surface area contributed by atoms with Gasteiger partial charge in [0.1, 0.15) is 4.88 Å². The Balaban J connectivity index is 1.58. The summed E-state index contributed by atoms with van der Waals surface area (Å²) in [6.07, 6.45) is 5.15. The summed E-state index contributed by atoms with van der Waals surface area (Å²) in [6, 6.07) is 13.8. The van der Waals surface area contributed by atoms with Crippen LogP contribution in [0.5, 0.6) is 0 Å². The molecule has 0 bridgehead atoms. The van der Waals surface area contributed by atoms with Crippen LogP contribution in [0.25, 0.3) is 0 Å². The summed E-state index contributed by atoms with van der Waals surface area (Å²) in [4.78, 5) is 26.3. The number of thiophene rings is 1. The molecule has 1 atom stereocenters. The minimum atomic E-state index is -0.972. The van der Waals surface area contributed by atoms with E-state index in [9.17, 15) is 9.59 Å². The van der Waals surface area contributed by atoms with E-state index in [1.54, 1.807) is 6.07 Å². The Kier molecular flexibility index (Phi) is 5.30. The van der Waals surface area contributed by atoms with Gasteiger partial charge < -0.3 is 10.0 Å². The Morgan fingerprint density at radius 1 is 1.12 bits per heavy atom. The quantitative estimate of drug-likeness (QED) is 0.860. The molecular weight excluding hydrogens is 322 g/mol. The first-order valence-electron chi connectivity index (χ1n) is 8.33. The van der Waals surface area contributed by atoms with Crippen LogP contribution >= 0.6 is 11.3 Å². The van der Waals surface area contributed by atoms with E-state index in [0.717, 1.165) is 50.0 Å². The minimum Gasteiger partial charge on any atom is -0.477 e. The van der Waals surface area contributed by atoms with E-state index >= 15 is 0 Å². The number of carboxylic acids is 1. The third-order valence-electron chi connectivity index (χ3n) is 4.51. The van der Waals surface area contributed by atoms with E-state index in [1.165, 1.54) is 11.6 Å². The first-order valence-corrected chi connectivity index (χ1v) is 9.15. The number of carboxylic acid groups (broad SMARTS) is 1. The largest absolute Gasteiger partial charge is 0.477 e. The Labute approximate surface area is 145 Å². The van der Waals surface area contributed by atoms with Gasteiger partial charge in [-0.1, -0.05) is 30.3 Å². The summed E-state index contributed by atoms with van der Waals surface area (Å²) in [5.74, 6) is -0.991. The van der Waals surface area contributed by atoms with Crippen LogP contribution in [0, 0.1) is 0 Å². The molecule has 1 saturated heterocycles. The highest BCUT2D eigenvalue weighted by Gasteiger charge is 2.30. The Morgan fingerprint density at radius 3 is 2.58 bits per heavy atom. The molecule has 1 aromatic carbocycles. The van der Waals surface area contributed by atoms with Gasteiger partial charge in [-0.05, 0) is 49.8 Å². The molecule has 0 aliphatic carbocycles. The topological polar surface area (TPSA) is 57.6 Å². The van der Waals surface area contributed by atoms with E-state index in [1.807, 2.05) is 11.0 Å². The van der Waals surface area contributed by atoms with Gasteiger partial charge in [0.05, 0.1) is 4.88 Å². The van der Waals surface area contributed by atoms with Crippen LogP contribution < -0.4 is 0 Å². The number of benzene rings is 1. The number of hydrogen-bond acceptors (Lipinski definition) is 3. The van der Waals surface area contributed by atoms with Gasteiger partial charge in [0.25, 0.3) is 5.91 Å². The molecule has 3 rings (SSSR count). The van der Waals surface area contributed by atoms with Gasteiger partial charge in [0.15, 0.2) is 0 Å². The molecule has 0 saturated carbocycles. The fourth-order valence-corrected chi connectivity index (χ4v) is 4.10. The van der Waals surface area contributed by atoms with Gasteiger partial charge >= 0.3 is 5.97 Å². The zero-order chi connectivity index (χ0) is 16.9. The van der Waals surface area contributed by atoms with Crippen molar-refractivity contribution in [2.45, 2.75) is 38.1 Å². The standard InChI is InChI=1S/C19H21NO3S/c21-18(16-11-12-17(24-16)19(22)23)20-13-5-10-15(20)9-4-8-14-6-2-1-3-7-14/h1-3,6-7,11-12,15H,4-5,8-10,13H2,(H,22,23). The van der Waals surface area contributed by atoms with E-state index in [2.05, 4.69) is 24.3 Å². The first-order chi connectivity index (χ1) is 11.6. The summed E-state index contributed by atoms with van der Waals surface area (Å²) in [5.41, 5.74) is 1.33. The maximum atomic E-state index is 12.7. The van der Waals surface area contributed by atoms with Crippen LogP contribution in [0.3, 0.4) is 0 Å². The monoisotopic (exact) mass is 343 g/mol. The highest BCUT2D eigenvalue weighted by Crippen LogP contribution is 2.27. The van der Waals surface area contributed by atoms with Crippen molar-refractivity contribution in [3.63, 3.8) is 0 Å². The van der Waals surface area contributed by atoms with Crippen molar-refractivity contribution in [3.05, 3.63) is 57.8 Å². The molecule has 1 aromatic heterocycles. The molecular formula is C19H21NO3S. The summed E-state index contributed by atoms with van der Waals surface area (Å²) >= 11 is 1.07. The number of rotatable bonds is 6. The fraction of sp³-hybridized carbons (Fsp3) is 0.368. The predicted molar refractivity (Wildman–Crippen MR) is 94.7 cm³/mol. The number of aromatic carboxylic acids is 1. The highest BCUT2D eigenvalue weighted by molar-refractivity contribution is 7.15. The van der Waals surface area contributed by atoms with Crippen LogP contribution in [0.2, 0.25) is 0 Å². The second-order valence-electron chi connectivity index (χ2n) is 6.14. The van der Waals surface area contributed by atoms with E-state index < -0.39 is 5.97 Å². The van der Waals surface area contributed by atoms with Crippen molar-refractivity contribution in [3.8, 4) is 0 Å². The summed E-state index contributed by atoms with van der Waals surface area (Å²) in [5, 5.41) is 9.01. The van der Waals surface area contributed by atoms with Gasteiger partial charge in [0.2, 0.25) is 0 Å². The molecule has 1 unspecified atom stereocenters. The van der Waals surface area contributed by atoms with Crippen LogP contribution in [0.1, 0.15) is 50.6 Å². The molecule has 1 N–H and O–H groups in total. The van der Waals surface area contributed by atoms with Crippen molar-refractivity contribution in [2.24, 2.45) is 0 Å². The first kappa shape index (κ1) is 16.7. The number of aryl methyl sites for hydroxylation is 1. The van der Waals surface area contributed by atoms with Crippen molar-refractivity contribution in [2.75, 3.05) is 6.54 Å². The predicted octanol–water partition coefficient (Wildman–Crippen LogP) is 4.07. The lowest BCUT2D eigenvalue weighted by molar-refractivity contribution is 0.0700. The second-order valence-corrected chi connectivity index (χ2v) is 7.23. The molecule has 1 aliphatic rings. The molecule has 0 spiro atoms. The van der Waals surface area contributed by atoms with Gasteiger partial charge in [-0.15, -0.1) is 11.3 Å². The average Bonchev–Trinajstić information content (AvgIpc) is 3.25. The van der Waals surface area contributed by atoms with Gasteiger partial charge in [-0.25, -0.2) is 4.79 Å². The molecule has 24 heavy (non-hydrogen) atoms. The molecule has 4 nitrogen and oxygen atoms in total. The fourth-order valence-electron chi connectivity index (χ4n) is 3.30. The van der Waals surface area contributed by atoms with Crippen LogP contribution in [0.15, 0.2) is 42.5 Å². The van der Waals surface area contributed by atoms with Gasteiger partial charge in [0, 0.05) is 12.6 Å². The molecule has 2 aromatic rings. The Hall–Kier alpha value is -2.14. The van der Waals surface area contributed by atoms with Crippen LogP contribution in [-0.2, 0) is 6.42 Å². The third kappa shape index (κ3) is 3.85. The van der Waals surface area contributed by atoms with Gasteiger partial charge in [-0.2, -0.15) is 0 Å². The lowest BCUT2D eigenvalue weighted by atomic mass is 10.0. The maximum Gasteiger partial charge on any atom is 0.345 e. The molecule has 1 aliphatic heterocycles. The van der Waals surface area contributed by atoms with Crippen molar-refractivity contribution >= 4 is 23.2 Å². The van der Waals surface area contributed by atoms with E-state index in [4.69, 9.17) is 5.11 Å². The zero-order valence-electron chi connectivity index (χ0n) is 13.5. The number of likely N-dealkylation sites (tertiary alicyclic amines) is 1. The number of nitrogens with zero attached hydrogens (tertiary/aromatic N) is 1. The average molecular weight is 343 g/mol. The van der Waals surface area contributed by atoms with Crippen molar-refractivity contribution in [1.29, 1.82) is 0 Å². The minimum absolute atomic E-state index is 0.0188. The highest BCUT2D eigenvalue weighted by atomic mass is 32.1. The normalized spacial score (nSPS) is 17.2. The Morgan fingerprint density at radius 2 is 1.88 bits per heavy atom. The van der Waals surface area contributed by atoms with E-state index in [-0.39, 0.29) is 16.8 Å². The molecule has 2 heterocycles. The number of carbonyl (C=O) groups excluding carboxylic acids is 1. The summed E-state index contributed by atoms with van der Waals surface area (Å²) in [7, 11) is 0. The number of hydrogen-bond donors (Lipinski definition) is 1. The van der Waals surface area contributed by atoms with E-state index in [0.29, 0.717) is 4.88 Å². The summed E-state index contributed by atoms with van der Waals surface area (Å²) in [6.45, 7) is 0.773. The second kappa shape index (κ2) is 7.62. The lowest BCUT2D eigenvalue weighted by Crippen LogP contribution is -2.35. The Bertz CT molecular complexity index is 710. The van der Waals surface area contributed by atoms with Crippen molar-refractivity contribution < 1.29 is 14.7 Å². The third-order valence-corrected chi connectivity index (χ3v) is 5.57.